The number of rotatable bonds is 5. The second-order valence-electron chi connectivity index (χ2n) is 5.26. The molecule has 0 fully saturated rings. The fourth-order valence-corrected chi connectivity index (χ4v) is 3.36. The van der Waals surface area contributed by atoms with E-state index in [4.69, 9.17) is 4.74 Å². The number of hydrogen-bond donors (Lipinski definition) is 0. The van der Waals surface area contributed by atoms with E-state index in [-0.39, 0.29) is 5.75 Å². The van der Waals surface area contributed by atoms with Crippen LogP contribution in [0.15, 0.2) is 47.9 Å². The van der Waals surface area contributed by atoms with Gasteiger partial charge in [0.2, 0.25) is 0 Å². The molecule has 0 saturated carbocycles. The number of aryl methyl sites for hydroxylation is 2. The molecule has 0 heterocycles. The number of hydrogen-bond acceptors (Lipinski definition) is 3. The standard InChI is InChI=1S/C18H20O3S/c1-14-5-4-6-15(2)18(14)11-12-22(19,20)13-16-7-9-17(21-3)10-8-16/h4-12H,13H2,1-3H3/b12-11+. The summed E-state index contributed by atoms with van der Waals surface area (Å²) < 4.78 is 29.5. The van der Waals surface area contributed by atoms with Crippen molar-refractivity contribution in [2.75, 3.05) is 7.11 Å². The number of benzene rings is 2. The maximum atomic E-state index is 12.2. The molecule has 0 radical (unpaired) electrons. The van der Waals surface area contributed by atoms with Crippen molar-refractivity contribution in [3.63, 3.8) is 0 Å². The fraction of sp³-hybridized carbons (Fsp3) is 0.222. The zero-order valence-corrected chi connectivity index (χ0v) is 13.9. The summed E-state index contributed by atoms with van der Waals surface area (Å²) >= 11 is 0. The Morgan fingerprint density at radius 2 is 1.59 bits per heavy atom. The first kappa shape index (κ1) is 16.3. The second-order valence-corrected chi connectivity index (χ2v) is 7.15. The molecular formula is C18H20O3S. The summed E-state index contributed by atoms with van der Waals surface area (Å²) in [6.45, 7) is 3.95. The van der Waals surface area contributed by atoms with Crippen molar-refractivity contribution in [2.45, 2.75) is 19.6 Å². The molecule has 0 aliphatic carbocycles. The summed E-state index contributed by atoms with van der Waals surface area (Å²) in [6, 6.07) is 13.0. The Morgan fingerprint density at radius 3 is 2.14 bits per heavy atom. The van der Waals surface area contributed by atoms with Gasteiger partial charge in [0.1, 0.15) is 5.75 Å². The minimum atomic E-state index is -3.31. The molecule has 22 heavy (non-hydrogen) atoms. The molecule has 0 aliphatic heterocycles. The summed E-state index contributed by atoms with van der Waals surface area (Å²) in [5.41, 5.74) is 3.83. The monoisotopic (exact) mass is 316 g/mol. The molecular weight excluding hydrogens is 296 g/mol. The zero-order chi connectivity index (χ0) is 16.2. The number of sulfone groups is 1. The minimum absolute atomic E-state index is 0.0155. The molecule has 0 N–H and O–H groups in total. The lowest BCUT2D eigenvalue weighted by molar-refractivity contribution is 0.414. The molecule has 0 unspecified atom stereocenters. The van der Waals surface area contributed by atoms with E-state index in [1.54, 1.807) is 37.5 Å². The Bertz CT molecular complexity index is 752. The van der Waals surface area contributed by atoms with Gasteiger partial charge in [0.15, 0.2) is 9.84 Å². The molecule has 2 aromatic rings. The molecule has 0 bridgehead atoms. The van der Waals surface area contributed by atoms with Crippen molar-refractivity contribution in [1.82, 2.24) is 0 Å². The van der Waals surface area contributed by atoms with E-state index in [0.29, 0.717) is 5.75 Å². The van der Waals surface area contributed by atoms with E-state index in [2.05, 4.69) is 0 Å². The first-order chi connectivity index (χ1) is 10.4. The fourth-order valence-electron chi connectivity index (χ4n) is 2.26. The van der Waals surface area contributed by atoms with Gasteiger partial charge in [-0.25, -0.2) is 8.42 Å². The quantitative estimate of drug-likeness (QED) is 0.840. The largest absolute Gasteiger partial charge is 0.497 e. The van der Waals surface area contributed by atoms with Crippen molar-refractivity contribution < 1.29 is 13.2 Å². The van der Waals surface area contributed by atoms with Gasteiger partial charge in [-0.2, -0.15) is 0 Å². The van der Waals surface area contributed by atoms with Crippen LogP contribution in [-0.2, 0) is 15.6 Å². The summed E-state index contributed by atoms with van der Waals surface area (Å²) in [7, 11) is -1.72. The molecule has 116 valence electrons. The molecule has 2 aromatic carbocycles. The number of ether oxygens (including phenoxy) is 1. The van der Waals surface area contributed by atoms with E-state index in [9.17, 15) is 8.42 Å². The predicted molar refractivity (Wildman–Crippen MR) is 90.6 cm³/mol. The highest BCUT2D eigenvalue weighted by Crippen LogP contribution is 2.18. The average molecular weight is 316 g/mol. The van der Waals surface area contributed by atoms with Crippen molar-refractivity contribution >= 4 is 15.9 Å². The molecule has 0 aliphatic rings. The van der Waals surface area contributed by atoms with Crippen LogP contribution in [0.3, 0.4) is 0 Å². The average Bonchev–Trinajstić information content (AvgIpc) is 2.47. The van der Waals surface area contributed by atoms with Crippen LogP contribution in [-0.4, -0.2) is 15.5 Å². The van der Waals surface area contributed by atoms with Crippen LogP contribution in [0.5, 0.6) is 5.75 Å². The lowest BCUT2D eigenvalue weighted by atomic mass is 10.0. The Kier molecular flexibility index (Phi) is 5.03. The van der Waals surface area contributed by atoms with Crippen LogP contribution >= 0.6 is 0 Å². The van der Waals surface area contributed by atoms with E-state index < -0.39 is 9.84 Å². The van der Waals surface area contributed by atoms with Gasteiger partial charge in [0.25, 0.3) is 0 Å². The van der Waals surface area contributed by atoms with Crippen molar-refractivity contribution in [2.24, 2.45) is 0 Å². The van der Waals surface area contributed by atoms with Crippen LogP contribution in [0.25, 0.3) is 6.08 Å². The Labute approximate surface area is 132 Å². The van der Waals surface area contributed by atoms with Gasteiger partial charge in [0, 0.05) is 5.41 Å². The van der Waals surface area contributed by atoms with E-state index in [0.717, 1.165) is 22.3 Å². The van der Waals surface area contributed by atoms with Crippen LogP contribution < -0.4 is 4.74 Å². The Morgan fingerprint density at radius 1 is 1.00 bits per heavy atom. The lowest BCUT2D eigenvalue weighted by Gasteiger charge is -2.05. The zero-order valence-electron chi connectivity index (χ0n) is 13.0. The smallest absolute Gasteiger partial charge is 0.175 e. The normalized spacial score (nSPS) is 11.8. The third-order valence-corrected chi connectivity index (χ3v) is 4.80. The van der Waals surface area contributed by atoms with Crippen LogP contribution in [0.4, 0.5) is 0 Å². The highest BCUT2D eigenvalue weighted by molar-refractivity contribution is 7.93. The van der Waals surface area contributed by atoms with Crippen LogP contribution in [0.1, 0.15) is 22.3 Å². The summed E-state index contributed by atoms with van der Waals surface area (Å²) in [6.07, 6.45) is 1.68. The molecule has 3 nitrogen and oxygen atoms in total. The third kappa shape index (κ3) is 4.21. The van der Waals surface area contributed by atoms with Gasteiger partial charge >= 0.3 is 0 Å². The van der Waals surface area contributed by atoms with Crippen molar-refractivity contribution in [3.8, 4) is 5.75 Å². The van der Waals surface area contributed by atoms with Gasteiger partial charge in [-0.15, -0.1) is 0 Å². The summed E-state index contributed by atoms with van der Waals surface area (Å²) in [4.78, 5) is 0. The topological polar surface area (TPSA) is 43.4 Å². The van der Waals surface area contributed by atoms with Crippen molar-refractivity contribution in [1.29, 1.82) is 0 Å². The number of methoxy groups -OCH3 is 1. The van der Waals surface area contributed by atoms with Gasteiger partial charge in [0.05, 0.1) is 12.9 Å². The first-order valence-electron chi connectivity index (χ1n) is 7.01. The Balaban J connectivity index is 2.18. The molecule has 0 amide bonds. The highest BCUT2D eigenvalue weighted by atomic mass is 32.2. The van der Waals surface area contributed by atoms with Gasteiger partial charge in [-0.05, 0) is 54.3 Å². The molecule has 4 heteroatoms. The summed E-state index contributed by atoms with van der Waals surface area (Å²) in [5.74, 6) is 0.700. The van der Waals surface area contributed by atoms with Crippen LogP contribution in [0.2, 0.25) is 0 Å². The minimum Gasteiger partial charge on any atom is -0.497 e. The van der Waals surface area contributed by atoms with E-state index >= 15 is 0 Å². The first-order valence-corrected chi connectivity index (χ1v) is 8.73. The summed E-state index contributed by atoms with van der Waals surface area (Å²) in [5, 5.41) is 1.30. The molecule has 0 atom stereocenters. The van der Waals surface area contributed by atoms with Crippen LogP contribution in [0, 0.1) is 13.8 Å². The van der Waals surface area contributed by atoms with E-state index in [1.165, 1.54) is 5.41 Å². The Hall–Kier alpha value is -2.07. The SMILES string of the molecule is COc1ccc(CS(=O)(=O)/C=C/c2c(C)cccc2C)cc1. The van der Waals surface area contributed by atoms with Gasteiger partial charge in [-0.3, -0.25) is 0 Å². The van der Waals surface area contributed by atoms with Gasteiger partial charge < -0.3 is 4.74 Å². The van der Waals surface area contributed by atoms with Gasteiger partial charge in [-0.1, -0.05) is 30.3 Å². The second kappa shape index (κ2) is 6.79. The molecule has 0 saturated heterocycles. The molecule has 0 spiro atoms. The third-order valence-electron chi connectivity index (χ3n) is 3.51. The maximum Gasteiger partial charge on any atom is 0.175 e. The lowest BCUT2D eigenvalue weighted by Crippen LogP contribution is -2.00. The predicted octanol–water partition coefficient (Wildman–Crippen LogP) is 3.90. The van der Waals surface area contributed by atoms with E-state index in [1.807, 2.05) is 32.0 Å². The highest BCUT2D eigenvalue weighted by Gasteiger charge is 2.09. The molecule has 2 rings (SSSR count). The van der Waals surface area contributed by atoms with Crippen molar-refractivity contribution in [3.05, 3.63) is 70.1 Å². The maximum absolute atomic E-state index is 12.2. The molecule has 0 aromatic heterocycles.